The van der Waals surface area contributed by atoms with Crippen molar-refractivity contribution in [1.29, 1.82) is 0 Å². The number of hydrogen-bond acceptors (Lipinski definition) is 6. The number of carbonyl (C=O) groups is 2. The lowest BCUT2D eigenvalue weighted by atomic mass is 10.1. The average molecular weight is 437 g/mol. The van der Waals surface area contributed by atoms with Crippen molar-refractivity contribution < 1.29 is 19.1 Å². The van der Waals surface area contributed by atoms with Crippen LogP contribution < -0.4 is 14.5 Å². The predicted molar refractivity (Wildman–Crippen MR) is 123 cm³/mol. The molecular weight excluding hydrogens is 408 g/mol. The van der Waals surface area contributed by atoms with Crippen molar-refractivity contribution in [1.82, 2.24) is 9.88 Å². The molecule has 0 saturated carbocycles. The molecule has 32 heavy (non-hydrogen) atoms. The number of pyridine rings is 1. The molecule has 0 unspecified atom stereocenters. The van der Waals surface area contributed by atoms with Crippen molar-refractivity contribution >= 4 is 29.1 Å². The first kappa shape index (κ1) is 21.7. The smallest absolute Gasteiger partial charge is 0.410 e. The molecule has 1 saturated heterocycles. The Hall–Kier alpha value is -3.55. The van der Waals surface area contributed by atoms with Gasteiger partial charge < -0.3 is 19.3 Å². The predicted octanol–water partition coefficient (Wildman–Crippen LogP) is 3.78. The van der Waals surface area contributed by atoms with Crippen LogP contribution in [0.5, 0.6) is 5.88 Å². The number of hydrogen-bond donors (Lipinski definition) is 0. The van der Waals surface area contributed by atoms with Crippen LogP contribution in [0.1, 0.15) is 36.7 Å². The van der Waals surface area contributed by atoms with E-state index in [2.05, 4.69) is 16.5 Å². The van der Waals surface area contributed by atoms with Crippen molar-refractivity contribution in [3.05, 3.63) is 54.2 Å². The Morgan fingerprint density at radius 3 is 2.31 bits per heavy atom. The van der Waals surface area contributed by atoms with Crippen LogP contribution in [-0.2, 0) is 4.74 Å². The summed E-state index contributed by atoms with van der Waals surface area (Å²) in [5, 5.41) is 0. The molecule has 2 amide bonds. The summed E-state index contributed by atoms with van der Waals surface area (Å²) in [6, 6.07) is 9.34. The van der Waals surface area contributed by atoms with Crippen LogP contribution in [0.4, 0.5) is 16.2 Å². The van der Waals surface area contributed by atoms with Crippen molar-refractivity contribution in [3.63, 3.8) is 0 Å². The average Bonchev–Trinajstić information content (AvgIpc) is 3.02. The second kappa shape index (κ2) is 8.18. The molecule has 0 N–H and O–H groups in total. The maximum absolute atomic E-state index is 13.2. The van der Waals surface area contributed by atoms with Crippen LogP contribution in [0.25, 0.3) is 5.70 Å². The number of piperazine rings is 1. The summed E-state index contributed by atoms with van der Waals surface area (Å²) in [7, 11) is 1.55. The summed E-state index contributed by atoms with van der Waals surface area (Å²) in [5.41, 5.74) is 3.12. The molecule has 2 aromatic rings. The number of carbonyl (C=O) groups excluding carboxylic acids is 2. The molecule has 3 heterocycles. The van der Waals surface area contributed by atoms with E-state index in [4.69, 9.17) is 9.47 Å². The zero-order valence-corrected chi connectivity index (χ0v) is 18.9. The second-order valence-corrected chi connectivity index (χ2v) is 8.83. The van der Waals surface area contributed by atoms with E-state index in [1.165, 1.54) is 0 Å². The highest BCUT2D eigenvalue weighted by molar-refractivity contribution is 6.22. The lowest BCUT2D eigenvalue weighted by molar-refractivity contribution is 0.0240. The second-order valence-electron chi connectivity index (χ2n) is 8.83. The number of amides is 2. The first-order chi connectivity index (χ1) is 15.2. The van der Waals surface area contributed by atoms with Crippen LogP contribution in [0.15, 0.2) is 43.1 Å². The van der Waals surface area contributed by atoms with E-state index in [1.54, 1.807) is 35.2 Å². The van der Waals surface area contributed by atoms with Crippen LogP contribution in [0, 0.1) is 0 Å². The Bertz CT molecular complexity index is 1050. The quantitative estimate of drug-likeness (QED) is 0.729. The van der Waals surface area contributed by atoms with Crippen LogP contribution >= 0.6 is 0 Å². The van der Waals surface area contributed by atoms with E-state index < -0.39 is 5.60 Å². The molecule has 0 bridgehead atoms. The summed E-state index contributed by atoms with van der Waals surface area (Å²) in [5.74, 6) is 0.350. The molecule has 8 heteroatoms. The van der Waals surface area contributed by atoms with Gasteiger partial charge in [-0.15, -0.1) is 0 Å². The largest absolute Gasteiger partial charge is 0.481 e. The maximum Gasteiger partial charge on any atom is 0.410 e. The number of nitrogens with zero attached hydrogens (tertiary/aromatic N) is 4. The van der Waals surface area contributed by atoms with Gasteiger partial charge in [0.2, 0.25) is 5.88 Å². The lowest BCUT2D eigenvalue weighted by Crippen LogP contribution is -2.50. The van der Waals surface area contributed by atoms with Gasteiger partial charge >= 0.3 is 6.09 Å². The highest BCUT2D eigenvalue weighted by Gasteiger charge is 2.33. The molecule has 168 valence electrons. The van der Waals surface area contributed by atoms with Gasteiger partial charge in [-0.2, -0.15) is 0 Å². The normalized spacial score (nSPS) is 16.3. The molecule has 1 aromatic carbocycles. The molecule has 1 aromatic heterocycles. The topological polar surface area (TPSA) is 75.2 Å². The van der Waals surface area contributed by atoms with Gasteiger partial charge in [-0.3, -0.25) is 9.69 Å². The minimum atomic E-state index is -0.512. The Kier molecular flexibility index (Phi) is 5.54. The fraction of sp³-hybridized carbons (Fsp3) is 0.375. The van der Waals surface area contributed by atoms with Crippen LogP contribution in [-0.4, -0.2) is 60.8 Å². The van der Waals surface area contributed by atoms with Gasteiger partial charge in [-0.05, 0) is 39.0 Å². The number of benzene rings is 1. The number of rotatable bonds is 3. The standard InChI is InChI=1S/C24H28N4O4/c1-16-19-8-6-17(26-10-12-27(13-11-26)23(30)32-24(2,3)4)14-20(19)22(29)28(16)18-7-9-21(31-5)25-15-18/h6-9,14-15H,1,10-13H2,2-5H3. The first-order valence-electron chi connectivity index (χ1n) is 10.6. The molecule has 2 aliphatic rings. The lowest BCUT2D eigenvalue weighted by Gasteiger charge is -2.36. The maximum atomic E-state index is 13.2. The molecule has 1 fully saturated rings. The van der Waals surface area contributed by atoms with E-state index in [-0.39, 0.29) is 12.0 Å². The van der Waals surface area contributed by atoms with Gasteiger partial charge in [0, 0.05) is 43.5 Å². The van der Waals surface area contributed by atoms with E-state index >= 15 is 0 Å². The zero-order valence-electron chi connectivity index (χ0n) is 18.9. The monoisotopic (exact) mass is 436 g/mol. The third-order valence-electron chi connectivity index (χ3n) is 5.50. The summed E-state index contributed by atoms with van der Waals surface area (Å²) in [6.07, 6.45) is 1.31. The van der Waals surface area contributed by atoms with Gasteiger partial charge in [0.25, 0.3) is 5.91 Å². The number of ether oxygens (including phenoxy) is 2. The van der Waals surface area contributed by atoms with Crippen molar-refractivity contribution in [2.45, 2.75) is 26.4 Å². The van der Waals surface area contributed by atoms with Crippen molar-refractivity contribution in [3.8, 4) is 5.88 Å². The van der Waals surface area contributed by atoms with Crippen molar-refractivity contribution in [2.75, 3.05) is 43.1 Å². The molecule has 0 atom stereocenters. The van der Waals surface area contributed by atoms with Crippen LogP contribution in [0.3, 0.4) is 0 Å². The van der Waals surface area contributed by atoms with E-state index in [0.717, 1.165) is 11.3 Å². The number of fused-ring (bicyclic) bond motifs is 1. The van der Waals surface area contributed by atoms with Gasteiger partial charge in [0.1, 0.15) is 5.60 Å². The SMILES string of the molecule is C=C1c2ccc(N3CCN(C(=O)OC(C)(C)C)CC3)cc2C(=O)N1c1ccc(OC)nc1. The molecule has 0 spiro atoms. The minimum Gasteiger partial charge on any atom is -0.481 e. The third kappa shape index (κ3) is 4.12. The first-order valence-corrected chi connectivity index (χ1v) is 10.6. The molecule has 2 aliphatic heterocycles. The minimum absolute atomic E-state index is 0.133. The molecular formula is C24H28N4O4. The van der Waals surface area contributed by atoms with Gasteiger partial charge in [-0.1, -0.05) is 12.6 Å². The Morgan fingerprint density at radius 2 is 1.72 bits per heavy atom. The van der Waals surface area contributed by atoms with Crippen molar-refractivity contribution in [2.24, 2.45) is 0 Å². The third-order valence-corrected chi connectivity index (χ3v) is 5.50. The number of anilines is 2. The Balaban J connectivity index is 1.48. The zero-order chi connectivity index (χ0) is 23.0. The fourth-order valence-electron chi connectivity index (χ4n) is 3.89. The van der Waals surface area contributed by atoms with Gasteiger partial charge in [-0.25, -0.2) is 9.78 Å². The highest BCUT2D eigenvalue weighted by Crippen LogP contribution is 2.37. The fourth-order valence-corrected chi connectivity index (χ4v) is 3.89. The van der Waals surface area contributed by atoms with E-state index in [0.29, 0.717) is 49.0 Å². The molecule has 0 radical (unpaired) electrons. The van der Waals surface area contributed by atoms with E-state index in [9.17, 15) is 9.59 Å². The van der Waals surface area contributed by atoms with Gasteiger partial charge in [0.15, 0.2) is 0 Å². The summed E-state index contributed by atoms with van der Waals surface area (Å²) >= 11 is 0. The Labute approximate surface area is 188 Å². The number of methoxy groups -OCH3 is 1. The summed E-state index contributed by atoms with van der Waals surface area (Å²) in [4.78, 5) is 35.2. The molecule has 4 rings (SSSR count). The Morgan fingerprint density at radius 1 is 1.03 bits per heavy atom. The number of aromatic nitrogens is 1. The molecule has 8 nitrogen and oxygen atoms in total. The summed E-state index contributed by atoms with van der Waals surface area (Å²) < 4.78 is 10.6. The summed E-state index contributed by atoms with van der Waals surface area (Å²) in [6.45, 7) is 12.2. The van der Waals surface area contributed by atoms with E-state index in [1.807, 2.05) is 39.0 Å². The van der Waals surface area contributed by atoms with Crippen LogP contribution in [0.2, 0.25) is 0 Å². The van der Waals surface area contributed by atoms with Gasteiger partial charge in [0.05, 0.1) is 30.3 Å². The highest BCUT2D eigenvalue weighted by atomic mass is 16.6. The molecule has 0 aliphatic carbocycles.